The van der Waals surface area contributed by atoms with E-state index in [2.05, 4.69) is 15.4 Å². The van der Waals surface area contributed by atoms with Crippen LogP contribution in [0.2, 0.25) is 0 Å². The fourth-order valence-electron chi connectivity index (χ4n) is 3.35. The molecular weight excluding hydrogens is 460 g/mol. The van der Waals surface area contributed by atoms with Crippen molar-refractivity contribution >= 4 is 33.2 Å². The molecule has 1 aromatic heterocycles. The van der Waals surface area contributed by atoms with Gasteiger partial charge < -0.3 is 14.5 Å². The monoisotopic (exact) mass is 482 g/mol. The Hall–Kier alpha value is -3.99. The molecule has 1 aliphatic rings. The first-order valence-electron chi connectivity index (χ1n) is 10.4. The second-order valence-electron chi connectivity index (χ2n) is 7.64. The van der Waals surface area contributed by atoms with Crippen LogP contribution in [0.5, 0.6) is 0 Å². The van der Waals surface area contributed by atoms with Gasteiger partial charge in [-0.2, -0.15) is 10.1 Å². The van der Waals surface area contributed by atoms with Gasteiger partial charge in [0.25, 0.3) is 5.91 Å². The number of cyclic esters (lactones) is 1. The number of aromatic nitrogens is 1. The molecule has 2 aromatic carbocycles. The van der Waals surface area contributed by atoms with Gasteiger partial charge in [-0.3, -0.25) is 4.79 Å². The van der Waals surface area contributed by atoms with Crippen molar-refractivity contribution in [1.29, 1.82) is 0 Å². The molecule has 0 aliphatic carbocycles. The molecule has 0 fully saturated rings. The Morgan fingerprint density at radius 2 is 1.82 bits per heavy atom. The van der Waals surface area contributed by atoms with E-state index in [4.69, 9.17) is 9.15 Å². The van der Waals surface area contributed by atoms with E-state index in [-0.39, 0.29) is 17.2 Å². The Balaban J connectivity index is 1.51. The molecule has 3 aromatic rings. The van der Waals surface area contributed by atoms with Crippen LogP contribution in [-0.4, -0.2) is 48.5 Å². The lowest BCUT2D eigenvalue weighted by atomic mass is 10.0. The van der Waals surface area contributed by atoms with Crippen molar-refractivity contribution in [2.24, 2.45) is 5.10 Å². The maximum absolute atomic E-state index is 12.5. The van der Waals surface area contributed by atoms with Crippen LogP contribution < -0.4 is 5.32 Å². The molecule has 0 bridgehead atoms. The van der Waals surface area contributed by atoms with Gasteiger partial charge in [0.2, 0.25) is 5.76 Å². The first kappa shape index (κ1) is 23.2. The summed E-state index contributed by atoms with van der Waals surface area (Å²) in [6.45, 7) is 2.02. The molecule has 0 saturated heterocycles. The molecule has 0 saturated carbocycles. The number of benzene rings is 2. The van der Waals surface area contributed by atoms with Crippen molar-refractivity contribution in [1.82, 2.24) is 9.99 Å². The van der Waals surface area contributed by atoms with Crippen LogP contribution in [0.4, 0.5) is 10.5 Å². The predicted octanol–water partition coefficient (Wildman–Crippen LogP) is 3.47. The first-order valence-corrected chi connectivity index (χ1v) is 12.3. The molecule has 0 spiro atoms. The topological polar surface area (TPSA) is 131 Å². The van der Waals surface area contributed by atoms with Crippen LogP contribution >= 0.6 is 0 Å². The highest BCUT2D eigenvalue weighted by Gasteiger charge is 2.30. The Labute approximate surface area is 196 Å². The summed E-state index contributed by atoms with van der Waals surface area (Å²) >= 11 is 0. The minimum atomic E-state index is -3.32. The summed E-state index contributed by atoms with van der Waals surface area (Å²) in [6.07, 6.45) is 3.04. The number of sulfone groups is 1. The summed E-state index contributed by atoms with van der Waals surface area (Å²) in [7, 11) is -3.32. The van der Waals surface area contributed by atoms with E-state index in [1.165, 1.54) is 29.7 Å². The van der Waals surface area contributed by atoms with E-state index >= 15 is 0 Å². The van der Waals surface area contributed by atoms with Crippen molar-refractivity contribution < 1.29 is 27.2 Å². The zero-order chi connectivity index (χ0) is 24.3. The van der Waals surface area contributed by atoms with Crippen molar-refractivity contribution in [2.45, 2.75) is 30.9 Å². The lowest BCUT2D eigenvalue weighted by Crippen LogP contribution is -2.41. The summed E-state index contributed by atoms with van der Waals surface area (Å²) in [5, 5.41) is 8.42. The number of anilines is 1. The van der Waals surface area contributed by atoms with Gasteiger partial charge in [-0.15, -0.1) is 0 Å². The smallest absolute Gasteiger partial charge is 0.431 e. The Bertz CT molecular complexity index is 1320. The molecule has 1 atom stereocenters. The lowest BCUT2D eigenvalue weighted by Gasteiger charge is -2.29. The van der Waals surface area contributed by atoms with Crippen LogP contribution in [0.25, 0.3) is 0 Å². The van der Waals surface area contributed by atoms with Gasteiger partial charge >= 0.3 is 6.09 Å². The zero-order valence-corrected chi connectivity index (χ0v) is 19.3. The second-order valence-corrected chi connectivity index (χ2v) is 9.65. The predicted molar refractivity (Wildman–Crippen MR) is 123 cm³/mol. The van der Waals surface area contributed by atoms with Gasteiger partial charge in [-0.1, -0.05) is 31.2 Å². The summed E-state index contributed by atoms with van der Waals surface area (Å²) in [5.41, 5.74) is 2.52. The average molecular weight is 483 g/mol. The number of hydrogen-bond acceptors (Lipinski definition) is 8. The average Bonchev–Trinajstić information content (AvgIpc) is 3.36. The number of rotatable bonds is 7. The van der Waals surface area contributed by atoms with Gasteiger partial charge in [0.15, 0.2) is 16.2 Å². The number of nitrogens with one attached hydrogen (secondary N) is 1. The normalized spacial score (nSPS) is 16.1. The van der Waals surface area contributed by atoms with E-state index < -0.39 is 27.9 Å². The minimum Gasteiger partial charge on any atom is -0.438 e. The number of carbonyl (C=O) groups is 2. The maximum Gasteiger partial charge on any atom is 0.431 e. The molecular formula is C23H22N4O6S. The van der Waals surface area contributed by atoms with Gasteiger partial charge in [-0.25, -0.2) is 18.2 Å². The SMILES string of the molecule is CCC1OC(=O)N(Cc2ccc(NC(=O)c3cnco3)cc2)N=C1c1ccc(S(C)(=O)=O)cc1. The number of hydrazone groups is 1. The first-order chi connectivity index (χ1) is 16.2. The molecule has 10 nitrogen and oxygen atoms in total. The highest BCUT2D eigenvalue weighted by molar-refractivity contribution is 7.90. The van der Waals surface area contributed by atoms with Crippen LogP contribution in [0.1, 0.15) is 35.0 Å². The van der Waals surface area contributed by atoms with Crippen molar-refractivity contribution in [3.63, 3.8) is 0 Å². The molecule has 0 radical (unpaired) electrons. The number of hydrogen-bond donors (Lipinski definition) is 1. The third-order valence-corrected chi connectivity index (χ3v) is 6.27. The minimum absolute atomic E-state index is 0.0945. The molecule has 34 heavy (non-hydrogen) atoms. The van der Waals surface area contributed by atoms with Crippen LogP contribution in [0.15, 0.2) is 75.5 Å². The molecule has 11 heteroatoms. The molecule has 2 heterocycles. The summed E-state index contributed by atoms with van der Waals surface area (Å²) in [6, 6.07) is 13.2. The van der Waals surface area contributed by atoms with Gasteiger partial charge in [0.1, 0.15) is 11.8 Å². The number of carbonyl (C=O) groups excluding carboxylic acids is 2. The van der Waals surface area contributed by atoms with E-state index in [9.17, 15) is 18.0 Å². The molecule has 1 aliphatic heterocycles. The maximum atomic E-state index is 12.5. The van der Waals surface area contributed by atoms with Crippen LogP contribution in [0.3, 0.4) is 0 Å². The standard InChI is InChI=1S/C23H22N4O6S/c1-3-19-21(16-6-10-18(11-7-16)34(2,30)31)26-27(23(29)33-19)13-15-4-8-17(9-5-15)25-22(28)20-12-24-14-32-20/h4-12,14,19H,3,13H2,1-2H3,(H,25,28). The summed E-state index contributed by atoms with van der Waals surface area (Å²) < 4.78 is 34.0. The van der Waals surface area contributed by atoms with E-state index in [1.54, 1.807) is 36.4 Å². The highest BCUT2D eigenvalue weighted by atomic mass is 32.2. The second kappa shape index (κ2) is 9.48. The van der Waals surface area contributed by atoms with E-state index in [0.717, 1.165) is 11.8 Å². The molecule has 4 rings (SSSR count). The van der Waals surface area contributed by atoms with Crippen LogP contribution in [-0.2, 0) is 21.1 Å². The van der Waals surface area contributed by atoms with Crippen molar-refractivity contribution in [3.05, 3.63) is 78.0 Å². The van der Waals surface area contributed by atoms with Crippen molar-refractivity contribution in [3.8, 4) is 0 Å². The Morgan fingerprint density at radius 1 is 1.12 bits per heavy atom. The number of ether oxygens (including phenoxy) is 1. The fourth-order valence-corrected chi connectivity index (χ4v) is 3.98. The van der Waals surface area contributed by atoms with Crippen molar-refractivity contribution in [2.75, 3.05) is 11.6 Å². The quantitative estimate of drug-likeness (QED) is 0.545. The van der Waals surface area contributed by atoms with Gasteiger partial charge in [0.05, 0.1) is 17.6 Å². The van der Waals surface area contributed by atoms with Crippen LogP contribution in [0, 0.1) is 0 Å². The largest absolute Gasteiger partial charge is 0.438 e. The number of oxazole rings is 1. The zero-order valence-electron chi connectivity index (χ0n) is 18.5. The van der Waals surface area contributed by atoms with Gasteiger partial charge in [-0.05, 0) is 36.2 Å². The lowest BCUT2D eigenvalue weighted by molar-refractivity contribution is 0.0712. The van der Waals surface area contributed by atoms with E-state index in [1.807, 2.05) is 6.92 Å². The molecule has 1 N–H and O–H groups in total. The third-order valence-electron chi connectivity index (χ3n) is 5.14. The number of nitrogens with zero attached hydrogens (tertiary/aromatic N) is 3. The fraction of sp³-hybridized carbons (Fsp3) is 0.217. The Morgan fingerprint density at radius 3 is 2.41 bits per heavy atom. The Kier molecular flexibility index (Phi) is 6.46. The molecule has 176 valence electrons. The summed E-state index contributed by atoms with van der Waals surface area (Å²) in [4.78, 5) is 28.5. The van der Waals surface area contributed by atoms with E-state index in [0.29, 0.717) is 23.4 Å². The highest BCUT2D eigenvalue weighted by Crippen LogP contribution is 2.22. The number of amides is 2. The third kappa shape index (κ3) is 5.15. The van der Waals surface area contributed by atoms with Gasteiger partial charge in [0, 0.05) is 17.5 Å². The molecule has 2 amide bonds. The molecule has 1 unspecified atom stereocenters. The summed E-state index contributed by atoms with van der Waals surface area (Å²) in [5.74, 6) is -0.330.